The number of hydrogen-bond acceptors (Lipinski definition) is 2. The number of nitrogens with one attached hydrogen (secondary N) is 1. The van der Waals surface area contributed by atoms with Crippen LogP contribution in [0.2, 0.25) is 0 Å². The van der Waals surface area contributed by atoms with Crippen molar-refractivity contribution < 1.29 is 13.6 Å². The van der Waals surface area contributed by atoms with E-state index in [-0.39, 0.29) is 12.2 Å². The van der Waals surface area contributed by atoms with Crippen molar-refractivity contribution in [1.82, 2.24) is 5.32 Å². The van der Waals surface area contributed by atoms with Gasteiger partial charge in [-0.3, -0.25) is 4.79 Å². The quantitative estimate of drug-likeness (QED) is 0.874. The molecule has 1 aromatic rings. The second-order valence-corrected chi connectivity index (χ2v) is 4.83. The molecule has 0 heterocycles. The lowest BCUT2D eigenvalue weighted by Gasteiger charge is -2.10. The van der Waals surface area contributed by atoms with E-state index in [0.717, 1.165) is 25.0 Å². The Kier molecular flexibility index (Phi) is 4.42. The monoisotopic (exact) mass is 253 g/mol. The van der Waals surface area contributed by atoms with E-state index in [2.05, 4.69) is 5.32 Å². The highest BCUT2D eigenvalue weighted by Crippen LogP contribution is 2.17. The van der Waals surface area contributed by atoms with Crippen LogP contribution in [0, 0.1) is 11.6 Å². The van der Waals surface area contributed by atoms with Crippen molar-refractivity contribution in [2.45, 2.75) is 38.1 Å². The summed E-state index contributed by atoms with van der Waals surface area (Å²) in [7, 11) is 0. The molecule has 0 radical (unpaired) electrons. The molecule has 0 spiro atoms. The van der Waals surface area contributed by atoms with Gasteiger partial charge in [0.05, 0.1) is 6.54 Å². The van der Waals surface area contributed by atoms with Gasteiger partial charge >= 0.3 is 0 Å². The molecule has 2 nitrogen and oxygen atoms in total. The normalized spacial score (nSPS) is 16.1. The predicted molar refractivity (Wildman–Crippen MR) is 65.3 cm³/mol. The van der Waals surface area contributed by atoms with Gasteiger partial charge in [0.25, 0.3) is 0 Å². The summed E-state index contributed by atoms with van der Waals surface area (Å²) in [6, 6.07) is 4.04. The van der Waals surface area contributed by atoms with Gasteiger partial charge < -0.3 is 5.32 Å². The number of hydrogen-bond donors (Lipinski definition) is 1. The molecule has 0 aromatic heterocycles. The predicted octanol–water partition coefficient (Wildman–Crippen LogP) is 2.61. The van der Waals surface area contributed by atoms with Crippen LogP contribution in [0.1, 0.15) is 31.2 Å². The Labute approximate surface area is 105 Å². The van der Waals surface area contributed by atoms with Crippen molar-refractivity contribution in [3.8, 4) is 0 Å². The number of ketones is 1. The van der Waals surface area contributed by atoms with Crippen LogP contribution >= 0.6 is 0 Å². The molecule has 18 heavy (non-hydrogen) atoms. The summed E-state index contributed by atoms with van der Waals surface area (Å²) in [5, 5.41) is 3.21. The summed E-state index contributed by atoms with van der Waals surface area (Å²) in [5.74, 6) is -1.77. The summed E-state index contributed by atoms with van der Waals surface area (Å²) >= 11 is 0. The van der Waals surface area contributed by atoms with Crippen molar-refractivity contribution in [3.63, 3.8) is 0 Å². The number of halogens is 2. The van der Waals surface area contributed by atoms with Crippen molar-refractivity contribution in [3.05, 3.63) is 35.4 Å². The molecule has 4 heteroatoms. The molecule has 0 aliphatic heterocycles. The molecule has 1 fully saturated rings. The van der Waals surface area contributed by atoms with Crippen LogP contribution in [0.15, 0.2) is 18.2 Å². The molecule has 1 saturated carbocycles. The lowest BCUT2D eigenvalue weighted by Crippen LogP contribution is -2.32. The van der Waals surface area contributed by atoms with Gasteiger partial charge in [0, 0.05) is 12.5 Å². The molecule has 0 atom stereocenters. The molecule has 98 valence electrons. The number of Topliss-reactive ketones (excluding diaryl/α,β-unsaturated/α-hetero) is 1. The molecular weight excluding hydrogens is 236 g/mol. The first kappa shape index (κ1) is 13.1. The van der Waals surface area contributed by atoms with E-state index in [0.29, 0.717) is 18.2 Å². The third-order valence-corrected chi connectivity index (χ3v) is 3.33. The van der Waals surface area contributed by atoms with E-state index in [1.165, 1.54) is 18.9 Å². The van der Waals surface area contributed by atoms with Gasteiger partial charge in [-0.1, -0.05) is 18.9 Å². The molecule has 1 aromatic carbocycles. The van der Waals surface area contributed by atoms with E-state index in [1.54, 1.807) is 0 Å². The Morgan fingerprint density at radius 3 is 2.61 bits per heavy atom. The molecule has 1 N–H and O–H groups in total. The van der Waals surface area contributed by atoms with E-state index >= 15 is 0 Å². The highest BCUT2D eigenvalue weighted by Gasteiger charge is 2.15. The van der Waals surface area contributed by atoms with Crippen molar-refractivity contribution >= 4 is 5.78 Å². The van der Waals surface area contributed by atoms with Crippen LogP contribution < -0.4 is 5.32 Å². The van der Waals surface area contributed by atoms with Gasteiger partial charge in [0.1, 0.15) is 0 Å². The standard InChI is InChI=1S/C14H17F2NO/c15-13-6-5-10(8-14(13)16)7-12(18)9-17-11-3-1-2-4-11/h5-6,8,11,17H,1-4,7,9H2. The fourth-order valence-electron chi connectivity index (χ4n) is 2.33. The molecule has 1 aliphatic rings. The number of benzene rings is 1. The summed E-state index contributed by atoms with van der Waals surface area (Å²) in [5.41, 5.74) is 0.520. The van der Waals surface area contributed by atoms with Crippen LogP contribution in [-0.4, -0.2) is 18.4 Å². The summed E-state index contributed by atoms with van der Waals surface area (Å²) in [6.45, 7) is 0.309. The third-order valence-electron chi connectivity index (χ3n) is 3.33. The summed E-state index contributed by atoms with van der Waals surface area (Å²) in [4.78, 5) is 11.7. The zero-order valence-corrected chi connectivity index (χ0v) is 10.2. The minimum atomic E-state index is -0.899. The first-order chi connectivity index (χ1) is 8.65. The summed E-state index contributed by atoms with van der Waals surface area (Å²) < 4.78 is 25.7. The fourth-order valence-corrected chi connectivity index (χ4v) is 2.33. The number of rotatable bonds is 5. The van der Waals surface area contributed by atoms with Gasteiger partial charge in [-0.05, 0) is 30.5 Å². The molecule has 0 unspecified atom stereocenters. The van der Waals surface area contributed by atoms with E-state index < -0.39 is 11.6 Å². The Morgan fingerprint density at radius 1 is 1.22 bits per heavy atom. The molecule has 1 aliphatic carbocycles. The van der Waals surface area contributed by atoms with Gasteiger partial charge in [-0.25, -0.2) is 8.78 Å². The van der Waals surface area contributed by atoms with Crippen LogP contribution in [0.5, 0.6) is 0 Å². The van der Waals surface area contributed by atoms with Crippen molar-refractivity contribution in [2.24, 2.45) is 0 Å². The third kappa shape index (κ3) is 3.60. The van der Waals surface area contributed by atoms with Gasteiger partial charge in [0.15, 0.2) is 17.4 Å². The van der Waals surface area contributed by atoms with Gasteiger partial charge in [-0.2, -0.15) is 0 Å². The number of carbonyl (C=O) groups is 1. The smallest absolute Gasteiger partial charge is 0.159 e. The lowest BCUT2D eigenvalue weighted by atomic mass is 10.1. The minimum absolute atomic E-state index is 0.00732. The van der Waals surface area contributed by atoms with Crippen LogP contribution in [0.3, 0.4) is 0 Å². The Hall–Kier alpha value is -1.29. The van der Waals surface area contributed by atoms with E-state index in [1.807, 2.05) is 0 Å². The molecule has 2 rings (SSSR count). The Morgan fingerprint density at radius 2 is 1.94 bits per heavy atom. The molecule has 0 bridgehead atoms. The van der Waals surface area contributed by atoms with Crippen LogP contribution in [0.25, 0.3) is 0 Å². The maximum Gasteiger partial charge on any atom is 0.159 e. The zero-order valence-electron chi connectivity index (χ0n) is 10.2. The van der Waals surface area contributed by atoms with Crippen LogP contribution in [-0.2, 0) is 11.2 Å². The topological polar surface area (TPSA) is 29.1 Å². The van der Waals surface area contributed by atoms with Gasteiger partial charge in [0.2, 0.25) is 0 Å². The minimum Gasteiger partial charge on any atom is -0.307 e. The average Bonchev–Trinajstić information content (AvgIpc) is 2.84. The average molecular weight is 253 g/mol. The van der Waals surface area contributed by atoms with Crippen molar-refractivity contribution in [2.75, 3.05) is 6.54 Å². The Balaban J connectivity index is 1.80. The van der Waals surface area contributed by atoms with E-state index in [4.69, 9.17) is 0 Å². The maximum absolute atomic E-state index is 13.0. The first-order valence-corrected chi connectivity index (χ1v) is 6.34. The molecule has 0 saturated heterocycles. The Bertz CT molecular complexity index is 428. The largest absolute Gasteiger partial charge is 0.307 e. The first-order valence-electron chi connectivity index (χ1n) is 6.34. The highest BCUT2D eigenvalue weighted by atomic mass is 19.2. The van der Waals surface area contributed by atoms with Crippen LogP contribution in [0.4, 0.5) is 8.78 Å². The highest BCUT2D eigenvalue weighted by molar-refractivity contribution is 5.82. The van der Waals surface area contributed by atoms with Gasteiger partial charge in [-0.15, -0.1) is 0 Å². The lowest BCUT2D eigenvalue weighted by molar-refractivity contribution is -0.117. The zero-order chi connectivity index (χ0) is 13.0. The van der Waals surface area contributed by atoms with Crippen molar-refractivity contribution in [1.29, 1.82) is 0 Å². The molecular formula is C14H17F2NO. The fraction of sp³-hybridized carbons (Fsp3) is 0.500. The second kappa shape index (κ2) is 6.05. The second-order valence-electron chi connectivity index (χ2n) is 4.83. The molecule has 0 amide bonds. The summed E-state index contributed by atoms with van der Waals surface area (Å²) in [6.07, 6.45) is 4.83. The van der Waals surface area contributed by atoms with E-state index in [9.17, 15) is 13.6 Å². The number of carbonyl (C=O) groups excluding carboxylic acids is 1. The maximum atomic E-state index is 13.0. The SMILES string of the molecule is O=C(CNC1CCCC1)Cc1ccc(F)c(F)c1.